The predicted molar refractivity (Wildman–Crippen MR) is 96.9 cm³/mol. The van der Waals surface area contributed by atoms with Gasteiger partial charge in [-0.25, -0.2) is 14.4 Å². The van der Waals surface area contributed by atoms with Crippen molar-refractivity contribution in [2.24, 2.45) is 4.99 Å². The highest BCUT2D eigenvalue weighted by Gasteiger charge is 2.19. The second-order valence-electron chi connectivity index (χ2n) is 5.23. The first-order valence-corrected chi connectivity index (χ1v) is 8.39. The topological polar surface area (TPSA) is 79.1 Å². The normalized spacial score (nSPS) is 11.2. The number of nitrogens with one attached hydrogen (secondary N) is 1. The fourth-order valence-corrected chi connectivity index (χ4v) is 3.28. The van der Waals surface area contributed by atoms with Gasteiger partial charge in [0, 0.05) is 30.8 Å². The molecule has 2 aromatic heterocycles. The molecule has 0 saturated carbocycles. The van der Waals surface area contributed by atoms with E-state index >= 15 is 0 Å². The number of carbonyl (C=O) groups is 1. The first-order valence-electron chi connectivity index (χ1n) is 7.58. The summed E-state index contributed by atoms with van der Waals surface area (Å²) in [7, 11) is 1.83. The van der Waals surface area contributed by atoms with Gasteiger partial charge in [-0.05, 0) is 20.8 Å². The van der Waals surface area contributed by atoms with E-state index in [9.17, 15) is 9.59 Å². The Morgan fingerprint density at radius 3 is 2.92 bits per heavy atom. The van der Waals surface area contributed by atoms with Crippen LogP contribution in [0.15, 0.2) is 28.3 Å². The van der Waals surface area contributed by atoms with Gasteiger partial charge in [0.2, 0.25) is 0 Å². The maximum absolute atomic E-state index is 12.5. The van der Waals surface area contributed by atoms with Crippen LogP contribution in [0.2, 0.25) is 0 Å². The van der Waals surface area contributed by atoms with Crippen LogP contribution in [-0.4, -0.2) is 40.0 Å². The van der Waals surface area contributed by atoms with Crippen molar-refractivity contribution in [1.29, 1.82) is 0 Å². The van der Waals surface area contributed by atoms with Gasteiger partial charge in [-0.15, -0.1) is 11.3 Å². The zero-order chi connectivity index (χ0) is 17.9. The van der Waals surface area contributed by atoms with E-state index in [0.29, 0.717) is 35.3 Å². The van der Waals surface area contributed by atoms with Crippen molar-refractivity contribution in [3.8, 4) is 0 Å². The van der Waals surface area contributed by atoms with Crippen LogP contribution in [-0.2, 0) is 6.54 Å². The van der Waals surface area contributed by atoms with Crippen molar-refractivity contribution in [3.63, 3.8) is 0 Å². The molecule has 8 heteroatoms. The van der Waals surface area contributed by atoms with E-state index in [1.165, 1.54) is 21.8 Å². The minimum absolute atomic E-state index is 0.263. The molecule has 7 nitrogen and oxygen atoms in total. The number of hydrogen-bond acceptors (Lipinski definition) is 6. The lowest BCUT2D eigenvalue weighted by atomic mass is 10.3. The molecule has 0 spiro atoms. The largest absolute Gasteiger partial charge is 0.354 e. The van der Waals surface area contributed by atoms with Gasteiger partial charge in [-0.1, -0.05) is 6.58 Å². The zero-order valence-electron chi connectivity index (χ0n) is 14.3. The molecule has 0 aromatic carbocycles. The summed E-state index contributed by atoms with van der Waals surface area (Å²) in [5.41, 5.74) is 0.700. The molecule has 0 saturated heterocycles. The highest BCUT2D eigenvalue weighted by atomic mass is 32.1. The number of hydrogen-bond donors (Lipinski definition) is 1. The smallest absolute Gasteiger partial charge is 0.269 e. The van der Waals surface area contributed by atoms with Gasteiger partial charge in [-0.2, -0.15) is 0 Å². The molecule has 0 aliphatic carbocycles. The van der Waals surface area contributed by atoms with Crippen molar-refractivity contribution in [1.82, 2.24) is 19.6 Å². The van der Waals surface area contributed by atoms with Gasteiger partial charge in [0.15, 0.2) is 4.96 Å². The van der Waals surface area contributed by atoms with E-state index in [4.69, 9.17) is 0 Å². The molecular formula is C16H21N5O2S. The number of aromatic nitrogens is 2. The number of carbonyl (C=O) groups excluding carboxylic acids is 1. The van der Waals surface area contributed by atoms with E-state index in [1.54, 1.807) is 6.21 Å². The molecule has 0 aliphatic heterocycles. The number of aliphatic imine (C=N–C) groups is 1. The molecular weight excluding hydrogens is 326 g/mol. The van der Waals surface area contributed by atoms with E-state index in [-0.39, 0.29) is 11.5 Å². The third kappa shape index (κ3) is 3.53. The summed E-state index contributed by atoms with van der Waals surface area (Å²) in [6.07, 6.45) is 1.66. The van der Waals surface area contributed by atoms with E-state index in [2.05, 4.69) is 21.9 Å². The van der Waals surface area contributed by atoms with Crippen LogP contribution in [0.3, 0.4) is 0 Å². The molecule has 0 fully saturated rings. The first-order chi connectivity index (χ1) is 11.4. The summed E-state index contributed by atoms with van der Waals surface area (Å²) in [5.74, 6) is 0.325. The summed E-state index contributed by atoms with van der Waals surface area (Å²) in [6, 6.07) is 1.45. The fourth-order valence-electron chi connectivity index (χ4n) is 2.29. The lowest BCUT2D eigenvalue weighted by molar-refractivity contribution is 0.0949. The third-order valence-corrected chi connectivity index (χ3v) is 4.37. The molecule has 2 rings (SSSR count). The van der Waals surface area contributed by atoms with Crippen molar-refractivity contribution in [2.45, 2.75) is 27.3 Å². The standard InChI is InChI=1S/C16H21N5O2S/c1-6-17-11(4)20(5)9-12-8-13(22)21-14(15(23)18-7-2)10(3)24-16(21)19-12/h6,8H,4,7,9H2,1-3,5H3,(H,18,23)/b17-6-. The lowest BCUT2D eigenvalue weighted by Gasteiger charge is -2.17. The second kappa shape index (κ2) is 7.39. The summed E-state index contributed by atoms with van der Waals surface area (Å²) >= 11 is 1.33. The average Bonchev–Trinajstić information content (AvgIpc) is 2.84. The Morgan fingerprint density at radius 2 is 2.29 bits per heavy atom. The van der Waals surface area contributed by atoms with Crippen molar-refractivity contribution >= 4 is 28.4 Å². The number of aryl methyl sites for hydroxylation is 1. The predicted octanol–water partition coefficient (Wildman–Crippen LogP) is 1.81. The monoisotopic (exact) mass is 347 g/mol. The summed E-state index contributed by atoms with van der Waals surface area (Å²) < 4.78 is 1.37. The molecule has 128 valence electrons. The SMILES string of the molecule is C=C(/N=C\C)N(C)Cc1cc(=O)n2c(C(=O)NCC)c(C)sc2n1. The van der Waals surface area contributed by atoms with Gasteiger partial charge < -0.3 is 10.2 Å². The quantitative estimate of drug-likeness (QED) is 0.808. The minimum Gasteiger partial charge on any atom is -0.354 e. The molecule has 24 heavy (non-hydrogen) atoms. The van der Waals surface area contributed by atoms with Gasteiger partial charge in [0.25, 0.3) is 11.5 Å². The Balaban J connectivity index is 2.43. The molecule has 1 amide bonds. The molecule has 0 radical (unpaired) electrons. The molecule has 2 heterocycles. The van der Waals surface area contributed by atoms with Gasteiger partial charge >= 0.3 is 0 Å². The number of rotatable bonds is 6. The van der Waals surface area contributed by atoms with Crippen molar-refractivity contribution < 1.29 is 4.79 Å². The van der Waals surface area contributed by atoms with Crippen molar-refractivity contribution in [2.75, 3.05) is 13.6 Å². The number of thiazole rings is 1. The molecule has 0 atom stereocenters. The highest BCUT2D eigenvalue weighted by Crippen LogP contribution is 2.20. The lowest BCUT2D eigenvalue weighted by Crippen LogP contribution is -2.28. The van der Waals surface area contributed by atoms with Crippen LogP contribution in [0.25, 0.3) is 4.96 Å². The van der Waals surface area contributed by atoms with Crippen LogP contribution < -0.4 is 10.9 Å². The van der Waals surface area contributed by atoms with Crippen LogP contribution in [0.4, 0.5) is 0 Å². The minimum atomic E-state index is -0.265. The van der Waals surface area contributed by atoms with E-state index in [1.807, 2.05) is 32.7 Å². The Bertz CT molecular complexity index is 865. The summed E-state index contributed by atoms with van der Waals surface area (Å²) in [6.45, 7) is 10.2. The molecule has 0 aliphatic rings. The number of nitrogens with zero attached hydrogens (tertiary/aromatic N) is 4. The molecule has 2 aromatic rings. The Labute approximate surface area is 144 Å². The van der Waals surface area contributed by atoms with Crippen molar-refractivity contribution in [3.05, 3.63) is 45.1 Å². The van der Waals surface area contributed by atoms with Crippen LogP contribution in [0.1, 0.15) is 34.9 Å². The maximum atomic E-state index is 12.5. The fraction of sp³-hybridized carbons (Fsp3) is 0.375. The average molecular weight is 347 g/mol. The molecule has 0 bridgehead atoms. The zero-order valence-corrected chi connectivity index (χ0v) is 15.1. The third-order valence-electron chi connectivity index (χ3n) is 3.41. The molecule has 1 N–H and O–H groups in total. The summed E-state index contributed by atoms with van der Waals surface area (Å²) in [4.78, 5) is 36.4. The van der Waals surface area contributed by atoms with E-state index in [0.717, 1.165) is 4.88 Å². The van der Waals surface area contributed by atoms with Crippen LogP contribution in [0.5, 0.6) is 0 Å². The second-order valence-corrected chi connectivity index (χ2v) is 6.41. The Kier molecular flexibility index (Phi) is 5.50. The van der Waals surface area contributed by atoms with Gasteiger partial charge in [0.1, 0.15) is 11.5 Å². The number of amides is 1. The summed E-state index contributed by atoms with van der Waals surface area (Å²) in [5, 5.41) is 2.73. The number of fused-ring (bicyclic) bond motifs is 1. The van der Waals surface area contributed by atoms with Crippen LogP contribution in [0, 0.1) is 6.92 Å². The highest BCUT2D eigenvalue weighted by molar-refractivity contribution is 7.17. The van der Waals surface area contributed by atoms with Gasteiger partial charge in [0.05, 0.1) is 12.2 Å². The first kappa shape index (κ1) is 17.9. The Hall–Kier alpha value is -2.48. The Morgan fingerprint density at radius 1 is 1.58 bits per heavy atom. The maximum Gasteiger partial charge on any atom is 0.269 e. The van der Waals surface area contributed by atoms with Gasteiger partial charge in [-0.3, -0.25) is 9.59 Å². The van der Waals surface area contributed by atoms with Crippen LogP contribution >= 0.6 is 11.3 Å². The molecule has 0 unspecified atom stereocenters. The van der Waals surface area contributed by atoms with E-state index < -0.39 is 0 Å².